The summed E-state index contributed by atoms with van der Waals surface area (Å²) in [6.07, 6.45) is 4.47. The number of benzene rings is 1. The number of rotatable bonds is 4. The molecular weight excluding hydrogens is 437 g/mol. The molecule has 3 unspecified atom stereocenters. The highest BCUT2D eigenvalue weighted by molar-refractivity contribution is 6.05. The van der Waals surface area contributed by atoms with Gasteiger partial charge in [0.25, 0.3) is 0 Å². The van der Waals surface area contributed by atoms with E-state index >= 15 is 0 Å². The van der Waals surface area contributed by atoms with Crippen LogP contribution in [0.2, 0.25) is 0 Å². The Morgan fingerprint density at radius 3 is 2.71 bits per heavy atom. The normalized spacial score (nSPS) is 20.3. The number of carbonyl (C=O) groups is 1. The summed E-state index contributed by atoms with van der Waals surface area (Å²) in [7, 11) is 0. The molecule has 0 spiro atoms. The molecule has 0 aliphatic carbocycles. The smallest absolute Gasteiger partial charge is 0.322 e. The zero-order valence-corrected chi connectivity index (χ0v) is 19.7. The van der Waals surface area contributed by atoms with E-state index in [0.717, 1.165) is 12.1 Å². The van der Waals surface area contributed by atoms with Crippen LogP contribution in [0.1, 0.15) is 51.9 Å². The number of aryl methyl sites for hydroxylation is 1. The van der Waals surface area contributed by atoms with Gasteiger partial charge in [-0.05, 0) is 62.4 Å². The average molecular weight is 470 g/mol. The van der Waals surface area contributed by atoms with Gasteiger partial charge in [0.2, 0.25) is 5.90 Å². The number of urea groups is 1. The number of aromatic nitrogens is 1. The van der Waals surface area contributed by atoms with E-state index in [9.17, 15) is 9.18 Å². The molecule has 1 aliphatic heterocycles. The maximum Gasteiger partial charge on any atom is 0.322 e. The number of halogens is 1. The van der Waals surface area contributed by atoms with Crippen LogP contribution < -0.4 is 5.32 Å². The van der Waals surface area contributed by atoms with Crippen molar-refractivity contribution in [3.05, 3.63) is 53.1 Å². The van der Waals surface area contributed by atoms with Crippen LogP contribution in [0.3, 0.4) is 0 Å². The highest BCUT2D eigenvalue weighted by atomic mass is 19.1. The van der Waals surface area contributed by atoms with Crippen molar-refractivity contribution in [2.24, 2.45) is 10.9 Å². The fraction of sp³-hybridized carbons (Fsp3) is 0.375. The first-order chi connectivity index (χ1) is 16.1. The van der Waals surface area contributed by atoms with Crippen molar-refractivity contribution in [2.75, 3.05) is 5.32 Å². The summed E-state index contributed by atoms with van der Waals surface area (Å²) < 4.78 is 20.0. The number of likely N-dealkylation sites (tertiary alicyclic amines) is 1. The lowest BCUT2D eigenvalue weighted by molar-refractivity contribution is 0.121. The summed E-state index contributed by atoms with van der Waals surface area (Å²) in [5, 5.41) is 26.7. The highest BCUT2D eigenvalue weighted by Crippen LogP contribution is 2.30. The molecule has 0 saturated carbocycles. The molecule has 2 heterocycles. The number of aromatic amines is 1. The Morgan fingerprint density at radius 1 is 1.32 bits per heavy atom. The summed E-state index contributed by atoms with van der Waals surface area (Å²) in [5.74, 6) is -0.778. The molecule has 0 bridgehead atoms. The first-order valence-electron chi connectivity index (χ1n) is 11.0. The molecule has 3 rings (SSSR count). The van der Waals surface area contributed by atoms with Crippen molar-refractivity contribution in [3.63, 3.8) is 0 Å². The number of amidine groups is 1. The Kier molecular flexibility index (Phi) is 7.60. The van der Waals surface area contributed by atoms with E-state index < -0.39 is 17.9 Å². The van der Waals surface area contributed by atoms with Gasteiger partial charge in [0.05, 0.1) is 17.6 Å². The fourth-order valence-electron chi connectivity index (χ4n) is 4.23. The number of H-pyrrole nitrogens is 1. The SMILES string of the molecule is CC(=N)OC(=N)C1CC(C)CC(C)N1C(=O)Nc1cc(C(=N)N=Cc2ccc[nH]2)c(C)cc1F.[HH]. The lowest BCUT2D eigenvalue weighted by Gasteiger charge is -2.42. The molecule has 1 aromatic heterocycles. The first kappa shape index (κ1) is 24.8. The topological polar surface area (TPSA) is 141 Å². The van der Waals surface area contributed by atoms with E-state index in [0.29, 0.717) is 17.5 Å². The molecule has 2 amide bonds. The van der Waals surface area contributed by atoms with Crippen LogP contribution in [-0.2, 0) is 4.74 Å². The van der Waals surface area contributed by atoms with Crippen LogP contribution in [0.15, 0.2) is 35.5 Å². The van der Waals surface area contributed by atoms with Gasteiger partial charge in [-0.1, -0.05) is 6.92 Å². The van der Waals surface area contributed by atoms with Crippen LogP contribution in [0.25, 0.3) is 0 Å². The van der Waals surface area contributed by atoms with Crippen LogP contribution in [0, 0.1) is 34.9 Å². The molecule has 9 nitrogen and oxygen atoms in total. The molecule has 5 N–H and O–H groups in total. The second-order valence-corrected chi connectivity index (χ2v) is 8.68. The number of ether oxygens (including phenoxy) is 1. The predicted molar refractivity (Wildman–Crippen MR) is 133 cm³/mol. The lowest BCUT2D eigenvalue weighted by atomic mass is 9.88. The lowest BCUT2D eigenvalue weighted by Crippen LogP contribution is -2.56. The Balaban J connectivity index is 0.00000432. The Bertz CT molecular complexity index is 1130. The van der Waals surface area contributed by atoms with Gasteiger partial charge < -0.3 is 19.9 Å². The quantitative estimate of drug-likeness (QED) is 0.311. The number of nitrogens with one attached hydrogen (secondary N) is 5. The molecule has 1 saturated heterocycles. The van der Waals surface area contributed by atoms with Crippen LogP contribution in [0.5, 0.6) is 0 Å². The Morgan fingerprint density at radius 2 is 2.06 bits per heavy atom. The zero-order valence-electron chi connectivity index (χ0n) is 19.7. The van der Waals surface area contributed by atoms with E-state index in [2.05, 4.69) is 15.3 Å². The second kappa shape index (κ2) is 10.4. The molecule has 1 aliphatic rings. The van der Waals surface area contributed by atoms with Gasteiger partial charge in [0, 0.05) is 26.2 Å². The van der Waals surface area contributed by atoms with Gasteiger partial charge in [-0.3, -0.25) is 16.2 Å². The standard InChI is InChI=1S/C24H30FN7O2.H2/c1-13-8-15(3)32(21(9-13)23(28)34-16(4)26)24(33)31-20-11-18(14(2)10-19(20)25)22(27)30-12-17-6-5-7-29-17;/h5-7,10-13,15,21,26-29H,8-9H2,1-4H3,(H,31,33);1H. The van der Waals surface area contributed by atoms with Gasteiger partial charge in [-0.15, -0.1) is 0 Å². The van der Waals surface area contributed by atoms with E-state index in [1.165, 1.54) is 30.2 Å². The van der Waals surface area contributed by atoms with Gasteiger partial charge >= 0.3 is 6.03 Å². The number of amides is 2. The minimum absolute atomic E-state index is 0. The molecular formula is C24H32FN7O2. The van der Waals surface area contributed by atoms with E-state index in [4.69, 9.17) is 21.0 Å². The molecule has 1 aromatic carbocycles. The molecule has 182 valence electrons. The largest absolute Gasteiger partial charge is 0.428 e. The average Bonchev–Trinajstić information content (AvgIpc) is 3.26. The maximum atomic E-state index is 14.8. The fourth-order valence-corrected chi connectivity index (χ4v) is 4.23. The second-order valence-electron chi connectivity index (χ2n) is 8.68. The van der Waals surface area contributed by atoms with Gasteiger partial charge in [0.15, 0.2) is 11.7 Å². The number of hydrogen-bond donors (Lipinski definition) is 5. The summed E-state index contributed by atoms with van der Waals surface area (Å²) in [4.78, 5) is 21.8. The number of piperidine rings is 1. The summed E-state index contributed by atoms with van der Waals surface area (Å²) >= 11 is 0. The first-order valence-corrected chi connectivity index (χ1v) is 11.0. The third kappa shape index (κ3) is 5.75. The van der Waals surface area contributed by atoms with Crippen LogP contribution in [0.4, 0.5) is 14.9 Å². The van der Waals surface area contributed by atoms with Crippen molar-refractivity contribution in [1.82, 2.24) is 9.88 Å². The summed E-state index contributed by atoms with van der Waals surface area (Å²) in [5.41, 5.74) is 1.54. The van der Waals surface area contributed by atoms with E-state index in [-0.39, 0.29) is 36.7 Å². The minimum atomic E-state index is -0.671. The number of carbonyl (C=O) groups excluding carboxylic acids is 1. The van der Waals surface area contributed by atoms with Gasteiger partial charge in [0.1, 0.15) is 11.9 Å². The number of nitrogens with zero attached hydrogens (tertiary/aromatic N) is 2. The third-order valence-corrected chi connectivity index (χ3v) is 5.75. The van der Waals surface area contributed by atoms with Crippen molar-refractivity contribution in [2.45, 2.75) is 52.6 Å². The highest BCUT2D eigenvalue weighted by Gasteiger charge is 2.38. The van der Waals surface area contributed by atoms with Crippen molar-refractivity contribution in [1.29, 1.82) is 16.2 Å². The number of aliphatic imine (C=N–C) groups is 1. The van der Waals surface area contributed by atoms with Gasteiger partial charge in [-0.2, -0.15) is 0 Å². The Labute approximate surface area is 199 Å². The predicted octanol–water partition coefficient (Wildman–Crippen LogP) is 5.16. The number of hydrogen-bond acceptors (Lipinski definition) is 5. The Hall–Kier alpha value is -3.82. The van der Waals surface area contributed by atoms with Crippen molar-refractivity contribution >= 4 is 35.6 Å². The zero-order chi connectivity index (χ0) is 25.0. The number of anilines is 1. The van der Waals surface area contributed by atoms with E-state index in [1.54, 1.807) is 19.2 Å². The third-order valence-electron chi connectivity index (χ3n) is 5.75. The molecule has 3 atom stereocenters. The van der Waals surface area contributed by atoms with E-state index in [1.807, 2.05) is 19.9 Å². The maximum absolute atomic E-state index is 14.8. The molecule has 34 heavy (non-hydrogen) atoms. The molecule has 0 radical (unpaired) electrons. The van der Waals surface area contributed by atoms with Crippen LogP contribution >= 0.6 is 0 Å². The molecule has 2 aromatic rings. The monoisotopic (exact) mass is 469 g/mol. The summed E-state index contributed by atoms with van der Waals surface area (Å²) in [6.45, 7) is 7.00. The molecule has 10 heteroatoms. The van der Waals surface area contributed by atoms with Crippen LogP contribution in [-0.4, -0.2) is 51.8 Å². The molecule has 1 fully saturated rings. The van der Waals surface area contributed by atoms with Crippen molar-refractivity contribution in [3.8, 4) is 0 Å². The van der Waals surface area contributed by atoms with Gasteiger partial charge in [-0.25, -0.2) is 14.2 Å². The summed E-state index contributed by atoms with van der Waals surface area (Å²) in [6, 6.07) is 4.80. The minimum Gasteiger partial charge on any atom is -0.428 e. The van der Waals surface area contributed by atoms with Crippen molar-refractivity contribution < 1.29 is 15.3 Å².